The van der Waals surface area contributed by atoms with Gasteiger partial charge in [-0.2, -0.15) is 5.10 Å². The van der Waals surface area contributed by atoms with Crippen molar-refractivity contribution >= 4 is 5.91 Å². The first-order valence-corrected chi connectivity index (χ1v) is 6.06. The number of aryl methyl sites for hydroxylation is 1. The zero-order valence-electron chi connectivity index (χ0n) is 11.0. The molecule has 0 radical (unpaired) electrons. The van der Waals surface area contributed by atoms with Crippen LogP contribution in [0.1, 0.15) is 24.6 Å². The molecule has 100 valence electrons. The summed E-state index contributed by atoms with van der Waals surface area (Å²) >= 11 is 0. The van der Waals surface area contributed by atoms with Gasteiger partial charge in [-0.1, -0.05) is 0 Å². The second-order valence-corrected chi connectivity index (χ2v) is 4.44. The Morgan fingerprint density at radius 1 is 1.67 bits per heavy atom. The zero-order valence-corrected chi connectivity index (χ0v) is 11.0. The highest BCUT2D eigenvalue weighted by atomic mass is 16.7. The second-order valence-electron chi connectivity index (χ2n) is 4.44. The van der Waals surface area contributed by atoms with Crippen molar-refractivity contribution in [2.75, 3.05) is 20.8 Å². The van der Waals surface area contributed by atoms with Crippen LogP contribution in [0.3, 0.4) is 0 Å². The van der Waals surface area contributed by atoms with Crippen LogP contribution in [0.4, 0.5) is 0 Å². The van der Waals surface area contributed by atoms with E-state index in [0.29, 0.717) is 6.61 Å². The molecule has 18 heavy (non-hydrogen) atoms. The summed E-state index contributed by atoms with van der Waals surface area (Å²) in [6.45, 7) is 0.677. The molecule has 1 aliphatic rings. The minimum atomic E-state index is -0.239. The first-order chi connectivity index (χ1) is 8.65. The maximum atomic E-state index is 12.2. The van der Waals surface area contributed by atoms with Gasteiger partial charge in [-0.15, -0.1) is 0 Å². The van der Waals surface area contributed by atoms with E-state index in [1.165, 1.54) is 12.2 Å². The monoisotopic (exact) mass is 253 g/mol. The molecule has 6 heteroatoms. The summed E-state index contributed by atoms with van der Waals surface area (Å²) in [6, 6.07) is 1.89. The largest absolute Gasteiger partial charge is 0.371 e. The van der Waals surface area contributed by atoms with E-state index in [2.05, 4.69) is 5.10 Å². The quantitative estimate of drug-likeness (QED) is 0.751. The van der Waals surface area contributed by atoms with Crippen LogP contribution in [0, 0.1) is 5.92 Å². The Morgan fingerprint density at radius 2 is 2.44 bits per heavy atom. The van der Waals surface area contributed by atoms with Crippen LogP contribution in [0.25, 0.3) is 0 Å². The highest BCUT2D eigenvalue weighted by molar-refractivity contribution is 5.78. The van der Waals surface area contributed by atoms with Crippen LogP contribution in [0.15, 0.2) is 12.3 Å². The van der Waals surface area contributed by atoms with Crippen LogP contribution < -0.4 is 0 Å². The predicted octanol–water partition coefficient (Wildman–Crippen LogP) is 0.908. The van der Waals surface area contributed by atoms with Gasteiger partial charge in [-0.05, 0) is 18.9 Å². The highest BCUT2D eigenvalue weighted by Gasteiger charge is 2.36. The molecular weight excluding hydrogens is 234 g/mol. The molecule has 1 amide bonds. The number of hydroxylamine groups is 2. The van der Waals surface area contributed by atoms with Crippen molar-refractivity contribution in [3.8, 4) is 0 Å². The number of hydrogen-bond donors (Lipinski definition) is 0. The van der Waals surface area contributed by atoms with E-state index in [-0.39, 0.29) is 17.9 Å². The van der Waals surface area contributed by atoms with Gasteiger partial charge >= 0.3 is 0 Å². The summed E-state index contributed by atoms with van der Waals surface area (Å²) in [5.74, 6) is -0.262. The fourth-order valence-corrected chi connectivity index (χ4v) is 2.31. The third kappa shape index (κ3) is 2.39. The maximum Gasteiger partial charge on any atom is 0.251 e. The number of carbonyl (C=O) groups excluding carboxylic acids is 1. The lowest BCUT2D eigenvalue weighted by Gasteiger charge is -2.32. The molecule has 2 atom stereocenters. The van der Waals surface area contributed by atoms with E-state index in [1.54, 1.807) is 17.9 Å². The van der Waals surface area contributed by atoms with Crippen molar-refractivity contribution in [3.63, 3.8) is 0 Å². The number of amides is 1. The van der Waals surface area contributed by atoms with E-state index >= 15 is 0 Å². The summed E-state index contributed by atoms with van der Waals surface area (Å²) in [7, 11) is 4.97. The highest BCUT2D eigenvalue weighted by Crippen LogP contribution is 2.34. The Hall–Kier alpha value is -1.40. The van der Waals surface area contributed by atoms with Gasteiger partial charge in [0.05, 0.1) is 18.7 Å². The van der Waals surface area contributed by atoms with Gasteiger partial charge in [0.2, 0.25) is 0 Å². The molecule has 0 saturated carbocycles. The maximum absolute atomic E-state index is 12.2. The van der Waals surface area contributed by atoms with E-state index in [0.717, 1.165) is 18.5 Å². The van der Waals surface area contributed by atoms with Crippen molar-refractivity contribution in [1.29, 1.82) is 0 Å². The minimum Gasteiger partial charge on any atom is -0.371 e. The summed E-state index contributed by atoms with van der Waals surface area (Å²) in [6.07, 6.45) is 3.18. The van der Waals surface area contributed by atoms with Gasteiger partial charge in [-0.25, -0.2) is 5.06 Å². The summed E-state index contributed by atoms with van der Waals surface area (Å²) in [5, 5.41) is 5.40. The summed E-state index contributed by atoms with van der Waals surface area (Å²) in [5.41, 5.74) is 0.928. The number of carbonyl (C=O) groups is 1. The first kappa shape index (κ1) is 13.0. The molecule has 0 aliphatic carbocycles. The molecule has 1 aromatic rings. The Bertz CT molecular complexity index is 418. The van der Waals surface area contributed by atoms with Crippen molar-refractivity contribution in [3.05, 3.63) is 18.0 Å². The molecule has 0 N–H and O–H groups in total. The average molecular weight is 253 g/mol. The van der Waals surface area contributed by atoms with Crippen molar-refractivity contribution < 1.29 is 14.4 Å². The summed E-state index contributed by atoms with van der Waals surface area (Å²) < 4.78 is 7.52. The molecular formula is C12H19N3O3. The minimum absolute atomic E-state index is 0.0524. The number of hydrogen-bond acceptors (Lipinski definition) is 4. The zero-order chi connectivity index (χ0) is 13.1. The Labute approximate surface area is 106 Å². The van der Waals surface area contributed by atoms with Gasteiger partial charge in [-0.3, -0.25) is 14.3 Å². The molecule has 1 fully saturated rings. The molecule has 2 heterocycles. The Balaban J connectivity index is 2.21. The standard InChI is InChI=1S/C12H19N3O3/c1-14-10(6-7-13-14)11-9(5-4-8-18-11)12(16)15(2)17-3/h6-7,9,11H,4-5,8H2,1-3H3/t9-,11-/m1/s1. The van der Waals surface area contributed by atoms with E-state index in [9.17, 15) is 4.79 Å². The lowest BCUT2D eigenvalue weighted by atomic mass is 9.91. The molecule has 1 aromatic heterocycles. The van der Waals surface area contributed by atoms with Crippen LogP contribution in [0.2, 0.25) is 0 Å². The average Bonchev–Trinajstić information content (AvgIpc) is 2.83. The van der Waals surface area contributed by atoms with Gasteiger partial charge in [0.15, 0.2) is 0 Å². The molecule has 0 aromatic carbocycles. The fourth-order valence-electron chi connectivity index (χ4n) is 2.31. The predicted molar refractivity (Wildman–Crippen MR) is 64.4 cm³/mol. The third-order valence-corrected chi connectivity index (χ3v) is 3.37. The van der Waals surface area contributed by atoms with Gasteiger partial charge in [0.25, 0.3) is 5.91 Å². The molecule has 1 saturated heterocycles. The van der Waals surface area contributed by atoms with E-state index in [4.69, 9.17) is 9.57 Å². The van der Waals surface area contributed by atoms with E-state index in [1.807, 2.05) is 13.1 Å². The first-order valence-electron chi connectivity index (χ1n) is 6.06. The molecule has 1 aliphatic heterocycles. The molecule has 6 nitrogen and oxygen atoms in total. The number of nitrogens with zero attached hydrogens (tertiary/aromatic N) is 3. The topological polar surface area (TPSA) is 56.6 Å². The number of aromatic nitrogens is 2. The van der Waals surface area contributed by atoms with Crippen LogP contribution in [-0.2, 0) is 21.4 Å². The smallest absolute Gasteiger partial charge is 0.251 e. The van der Waals surface area contributed by atoms with E-state index < -0.39 is 0 Å². The Morgan fingerprint density at radius 3 is 3.06 bits per heavy atom. The Kier molecular flexibility index (Phi) is 3.98. The molecule has 0 bridgehead atoms. The van der Waals surface area contributed by atoms with Crippen LogP contribution in [-0.4, -0.2) is 41.5 Å². The normalized spacial score (nSPS) is 23.9. The van der Waals surface area contributed by atoms with Gasteiger partial charge in [0.1, 0.15) is 6.10 Å². The number of ether oxygens (including phenoxy) is 1. The lowest BCUT2D eigenvalue weighted by molar-refractivity contribution is -0.182. The van der Waals surface area contributed by atoms with Crippen molar-refractivity contribution in [2.45, 2.75) is 18.9 Å². The van der Waals surface area contributed by atoms with Crippen molar-refractivity contribution in [2.24, 2.45) is 13.0 Å². The molecule has 2 rings (SSSR count). The second kappa shape index (κ2) is 5.49. The SMILES string of the molecule is CON(C)C(=O)[C@@H]1CCCO[C@H]1c1ccnn1C. The fraction of sp³-hybridized carbons (Fsp3) is 0.667. The lowest BCUT2D eigenvalue weighted by Crippen LogP contribution is -2.38. The van der Waals surface area contributed by atoms with Crippen LogP contribution in [0.5, 0.6) is 0 Å². The van der Waals surface area contributed by atoms with Gasteiger partial charge < -0.3 is 4.74 Å². The summed E-state index contributed by atoms with van der Waals surface area (Å²) in [4.78, 5) is 17.2. The van der Waals surface area contributed by atoms with Gasteiger partial charge in [0, 0.05) is 26.9 Å². The third-order valence-electron chi connectivity index (χ3n) is 3.37. The molecule has 0 unspecified atom stereocenters. The van der Waals surface area contributed by atoms with Crippen molar-refractivity contribution in [1.82, 2.24) is 14.8 Å². The van der Waals surface area contributed by atoms with Crippen LogP contribution >= 0.6 is 0 Å². The number of rotatable bonds is 3. The molecule has 0 spiro atoms.